The van der Waals surface area contributed by atoms with E-state index in [1.165, 1.54) is 11.1 Å². The van der Waals surface area contributed by atoms with Crippen LogP contribution in [0.4, 0.5) is 0 Å². The summed E-state index contributed by atoms with van der Waals surface area (Å²) in [6.07, 6.45) is 0. The lowest BCUT2D eigenvalue weighted by Crippen LogP contribution is -2.28. The highest BCUT2D eigenvalue weighted by molar-refractivity contribution is 6.30. The fourth-order valence-corrected chi connectivity index (χ4v) is 1.92. The number of hydrogen-bond donors (Lipinski definition) is 1. The zero-order chi connectivity index (χ0) is 8.77. The SMILES string of the molecule is CC1(C)NCc2cc(Cl)ccc21. The molecule has 0 aromatic heterocycles. The zero-order valence-corrected chi connectivity index (χ0v) is 8.07. The summed E-state index contributed by atoms with van der Waals surface area (Å²) in [6.45, 7) is 5.31. The summed E-state index contributed by atoms with van der Waals surface area (Å²) in [5.41, 5.74) is 2.80. The molecule has 0 saturated heterocycles. The third kappa shape index (κ3) is 1.13. The smallest absolute Gasteiger partial charge is 0.0409 e. The van der Waals surface area contributed by atoms with Crippen LogP contribution in [-0.2, 0) is 12.1 Å². The molecule has 2 rings (SSSR count). The van der Waals surface area contributed by atoms with Crippen LogP contribution in [0.5, 0.6) is 0 Å². The van der Waals surface area contributed by atoms with Crippen molar-refractivity contribution >= 4 is 11.6 Å². The van der Waals surface area contributed by atoms with Gasteiger partial charge >= 0.3 is 0 Å². The van der Waals surface area contributed by atoms with Gasteiger partial charge in [0.2, 0.25) is 0 Å². The first-order chi connectivity index (χ1) is 5.59. The molecule has 0 atom stereocenters. The Morgan fingerprint density at radius 2 is 2.17 bits per heavy atom. The summed E-state index contributed by atoms with van der Waals surface area (Å²) in [5.74, 6) is 0. The van der Waals surface area contributed by atoms with E-state index in [9.17, 15) is 0 Å². The Balaban J connectivity index is 2.55. The van der Waals surface area contributed by atoms with Crippen LogP contribution in [0.25, 0.3) is 0 Å². The minimum atomic E-state index is 0.111. The predicted molar refractivity (Wildman–Crippen MR) is 51.3 cm³/mol. The molecule has 1 N–H and O–H groups in total. The largest absolute Gasteiger partial charge is 0.304 e. The van der Waals surface area contributed by atoms with Crippen molar-refractivity contribution in [3.05, 3.63) is 34.3 Å². The van der Waals surface area contributed by atoms with Gasteiger partial charge < -0.3 is 5.32 Å². The highest BCUT2D eigenvalue weighted by atomic mass is 35.5. The van der Waals surface area contributed by atoms with Gasteiger partial charge in [0.05, 0.1) is 0 Å². The molecule has 1 nitrogen and oxygen atoms in total. The summed E-state index contributed by atoms with van der Waals surface area (Å²) in [6, 6.07) is 6.10. The first-order valence-electron chi connectivity index (χ1n) is 4.13. The van der Waals surface area contributed by atoms with Crippen molar-refractivity contribution in [3.63, 3.8) is 0 Å². The van der Waals surface area contributed by atoms with Crippen molar-refractivity contribution < 1.29 is 0 Å². The standard InChI is InChI=1S/C10H12ClN/c1-10(2)9-4-3-8(11)5-7(9)6-12-10/h3-5,12H,6H2,1-2H3. The van der Waals surface area contributed by atoms with E-state index in [1.807, 2.05) is 12.1 Å². The van der Waals surface area contributed by atoms with Crippen LogP contribution < -0.4 is 5.32 Å². The van der Waals surface area contributed by atoms with E-state index < -0.39 is 0 Å². The minimum absolute atomic E-state index is 0.111. The molecule has 12 heavy (non-hydrogen) atoms. The van der Waals surface area contributed by atoms with Crippen LogP contribution in [0.15, 0.2) is 18.2 Å². The topological polar surface area (TPSA) is 12.0 Å². The molecule has 0 spiro atoms. The fraction of sp³-hybridized carbons (Fsp3) is 0.400. The van der Waals surface area contributed by atoms with Crippen LogP contribution in [0.2, 0.25) is 5.02 Å². The van der Waals surface area contributed by atoms with Crippen LogP contribution in [-0.4, -0.2) is 0 Å². The molecule has 0 fully saturated rings. The Kier molecular flexibility index (Phi) is 1.67. The van der Waals surface area contributed by atoms with Crippen molar-refractivity contribution in [3.8, 4) is 0 Å². The molecular weight excluding hydrogens is 170 g/mol. The molecule has 0 saturated carbocycles. The molecule has 0 bridgehead atoms. The summed E-state index contributed by atoms with van der Waals surface area (Å²) < 4.78 is 0. The summed E-state index contributed by atoms with van der Waals surface area (Å²) >= 11 is 5.89. The Morgan fingerprint density at radius 3 is 2.92 bits per heavy atom. The first-order valence-corrected chi connectivity index (χ1v) is 4.51. The third-order valence-corrected chi connectivity index (χ3v) is 2.70. The molecular formula is C10H12ClN. The quantitative estimate of drug-likeness (QED) is 0.649. The van der Waals surface area contributed by atoms with Gasteiger partial charge in [-0.25, -0.2) is 0 Å². The van der Waals surface area contributed by atoms with Gasteiger partial charge in [-0.2, -0.15) is 0 Å². The Hall–Kier alpha value is -0.530. The van der Waals surface area contributed by atoms with E-state index in [1.54, 1.807) is 0 Å². The maximum absolute atomic E-state index is 5.89. The lowest BCUT2D eigenvalue weighted by molar-refractivity contribution is 0.442. The number of benzene rings is 1. The van der Waals surface area contributed by atoms with Gasteiger partial charge in [-0.3, -0.25) is 0 Å². The molecule has 0 unspecified atom stereocenters. The molecule has 1 aliphatic heterocycles. The van der Waals surface area contributed by atoms with Crippen LogP contribution in [0.1, 0.15) is 25.0 Å². The molecule has 0 aliphatic carbocycles. The predicted octanol–water partition coefficient (Wildman–Crippen LogP) is 2.68. The molecule has 1 aliphatic rings. The van der Waals surface area contributed by atoms with Gasteiger partial charge in [-0.1, -0.05) is 17.7 Å². The molecule has 0 amide bonds. The van der Waals surface area contributed by atoms with Crippen molar-refractivity contribution in [2.75, 3.05) is 0 Å². The van der Waals surface area contributed by atoms with Crippen LogP contribution in [0, 0.1) is 0 Å². The molecule has 0 radical (unpaired) electrons. The highest BCUT2D eigenvalue weighted by Crippen LogP contribution is 2.31. The van der Waals surface area contributed by atoms with Crippen molar-refractivity contribution in [1.29, 1.82) is 0 Å². The Labute approximate surface area is 77.7 Å². The van der Waals surface area contributed by atoms with Crippen molar-refractivity contribution in [1.82, 2.24) is 5.32 Å². The van der Waals surface area contributed by atoms with Crippen molar-refractivity contribution in [2.45, 2.75) is 25.9 Å². The van der Waals surface area contributed by atoms with Gasteiger partial charge in [0.25, 0.3) is 0 Å². The molecule has 1 heterocycles. The normalized spacial score (nSPS) is 19.2. The monoisotopic (exact) mass is 181 g/mol. The van der Waals surface area contributed by atoms with E-state index in [0.29, 0.717) is 0 Å². The number of rotatable bonds is 0. The minimum Gasteiger partial charge on any atom is -0.304 e. The maximum Gasteiger partial charge on any atom is 0.0409 e. The van der Waals surface area contributed by atoms with Gasteiger partial charge in [-0.15, -0.1) is 0 Å². The summed E-state index contributed by atoms with van der Waals surface area (Å²) in [7, 11) is 0. The molecule has 1 aromatic rings. The Bertz CT molecular complexity index is 318. The first kappa shape index (κ1) is 8.09. The number of fused-ring (bicyclic) bond motifs is 1. The van der Waals surface area contributed by atoms with E-state index in [-0.39, 0.29) is 5.54 Å². The average Bonchev–Trinajstić information content (AvgIpc) is 2.27. The van der Waals surface area contributed by atoms with E-state index in [4.69, 9.17) is 11.6 Å². The molecule has 64 valence electrons. The molecule has 1 aromatic carbocycles. The Morgan fingerprint density at radius 1 is 1.42 bits per heavy atom. The van der Waals surface area contributed by atoms with E-state index in [2.05, 4.69) is 25.2 Å². The number of nitrogens with one attached hydrogen (secondary N) is 1. The van der Waals surface area contributed by atoms with E-state index >= 15 is 0 Å². The maximum atomic E-state index is 5.89. The average molecular weight is 182 g/mol. The van der Waals surface area contributed by atoms with Crippen LogP contribution >= 0.6 is 11.6 Å². The van der Waals surface area contributed by atoms with Gasteiger partial charge in [0.15, 0.2) is 0 Å². The third-order valence-electron chi connectivity index (χ3n) is 2.46. The molecule has 2 heteroatoms. The highest BCUT2D eigenvalue weighted by Gasteiger charge is 2.28. The second-order valence-electron chi connectivity index (χ2n) is 3.78. The lowest BCUT2D eigenvalue weighted by atomic mass is 9.95. The van der Waals surface area contributed by atoms with Gasteiger partial charge in [0, 0.05) is 17.1 Å². The van der Waals surface area contributed by atoms with Crippen LogP contribution in [0.3, 0.4) is 0 Å². The fourth-order valence-electron chi connectivity index (χ4n) is 1.73. The summed E-state index contributed by atoms with van der Waals surface area (Å²) in [5, 5.41) is 4.26. The van der Waals surface area contributed by atoms with Gasteiger partial charge in [0.1, 0.15) is 0 Å². The van der Waals surface area contributed by atoms with Gasteiger partial charge in [-0.05, 0) is 37.1 Å². The lowest BCUT2D eigenvalue weighted by Gasteiger charge is -2.19. The second-order valence-corrected chi connectivity index (χ2v) is 4.22. The second kappa shape index (κ2) is 2.48. The van der Waals surface area contributed by atoms with E-state index in [0.717, 1.165) is 11.6 Å². The number of halogens is 1. The number of hydrogen-bond acceptors (Lipinski definition) is 1. The summed E-state index contributed by atoms with van der Waals surface area (Å²) in [4.78, 5) is 0. The van der Waals surface area contributed by atoms with Crippen molar-refractivity contribution in [2.24, 2.45) is 0 Å². The zero-order valence-electron chi connectivity index (χ0n) is 7.32.